The fraction of sp³-hybridized carbons (Fsp3) is 0.889. The summed E-state index contributed by atoms with van der Waals surface area (Å²) in [5.41, 5.74) is 0.470. The van der Waals surface area contributed by atoms with Crippen LogP contribution in [0.1, 0.15) is 72.6 Å². The Labute approximate surface area is 128 Å². The van der Waals surface area contributed by atoms with Gasteiger partial charge in [-0.15, -0.1) is 0 Å². The molecule has 0 radical (unpaired) electrons. The lowest BCUT2D eigenvalue weighted by Crippen LogP contribution is -2.61. The normalized spacial score (nSPS) is 45.4. The molecule has 4 saturated carbocycles. The Morgan fingerprint density at radius 3 is 2.14 bits per heavy atom. The summed E-state index contributed by atoms with van der Waals surface area (Å²) in [6.07, 6.45) is 7.43. The van der Waals surface area contributed by atoms with E-state index in [0.29, 0.717) is 23.2 Å². The second kappa shape index (κ2) is 4.57. The van der Waals surface area contributed by atoms with E-state index in [4.69, 9.17) is 0 Å². The highest BCUT2D eigenvalue weighted by molar-refractivity contribution is 5.91. The van der Waals surface area contributed by atoms with Crippen molar-refractivity contribution in [3.63, 3.8) is 0 Å². The van der Waals surface area contributed by atoms with Crippen molar-refractivity contribution in [2.45, 2.75) is 78.7 Å². The second-order valence-corrected chi connectivity index (χ2v) is 8.93. The molecule has 0 heterocycles. The number of amides is 1. The van der Waals surface area contributed by atoms with Gasteiger partial charge in [0.25, 0.3) is 0 Å². The molecule has 4 bridgehead atoms. The minimum absolute atomic E-state index is 0.130. The predicted octanol–water partition coefficient (Wildman–Crippen LogP) is 3.47. The van der Waals surface area contributed by atoms with E-state index in [0.717, 1.165) is 19.3 Å². The van der Waals surface area contributed by atoms with Crippen LogP contribution in [0.3, 0.4) is 0 Å². The molecule has 3 nitrogen and oxygen atoms in total. The maximum absolute atomic E-state index is 12.9. The van der Waals surface area contributed by atoms with E-state index in [-0.39, 0.29) is 23.1 Å². The molecule has 0 spiro atoms. The van der Waals surface area contributed by atoms with Crippen molar-refractivity contribution in [2.24, 2.45) is 22.2 Å². The summed E-state index contributed by atoms with van der Waals surface area (Å²) in [5, 5.41) is 3.03. The summed E-state index contributed by atoms with van der Waals surface area (Å²) >= 11 is 0. The Morgan fingerprint density at radius 2 is 1.67 bits per heavy atom. The predicted molar refractivity (Wildman–Crippen MR) is 82.7 cm³/mol. The van der Waals surface area contributed by atoms with Gasteiger partial charge in [0.2, 0.25) is 5.91 Å². The molecule has 3 heteroatoms. The van der Waals surface area contributed by atoms with Crippen LogP contribution in [0.4, 0.5) is 0 Å². The first-order chi connectivity index (χ1) is 9.69. The monoisotopic (exact) mass is 291 g/mol. The quantitative estimate of drug-likeness (QED) is 0.862. The van der Waals surface area contributed by atoms with E-state index in [9.17, 15) is 9.59 Å². The third-order valence-corrected chi connectivity index (χ3v) is 6.29. The third-order valence-electron chi connectivity index (χ3n) is 6.29. The van der Waals surface area contributed by atoms with Crippen LogP contribution in [0.25, 0.3) is 0 Å². The Balaban J connectivity index is 1.81. The van der Waals surface area contributed by atoms with E-state index in [1.165, 1.54) is 19.3 Å². The molecular formula is C18H29NO2. The molecule has 0 aliphatic heterocycles. The number of carbonyl (C=O) groups excluding carboxylic acids is 2. The van der Waals surface area contributed by atoms with Crippen LogP contribution in [0.15, 0.2) is 0 Å². The van der Waals surface area contributed by atoms with Crippen LogP contribution in [0.5, 0.6) is 0 Å². The van der Waals surface area contributed by atoms with Gasteiger partial charge >= 0.3 is 0 Å². The highest BCUT2D eigenvalue weighted by Crippen LogP contribution is 2.69. The lowest BCUT2D eigenvalue weighted by Gasteiger charge is -2.64. The van der Waals surface area contributed by atoms with E-state index >= 15 is 0 Å². The van der Waals surface area contributed by atoms with Gasteiger partial charge in [0.05, 0.1) is 11.5 Å². The van der Waals surface area contributed by atoms with Crippen LogP contribution >= 0.6 is 0 Å². The van der Waals surface area contributed by atoms with Crippen LogP contribution in [0, 0.1) is 22.2 Å². The molecule has 0 aromatic rings. The first kappa shape index (κ1) is 15.1. The van der Waals surface area contributed by atoms with Crippen molar-refractivity contribution in [1.82, 2.24) is 5.32 Å². The van der Waals surface area contributed by atoms with E-state index in [1.54, 1.807) is 0 Å². The van der Waals surface area contributed by atoms with Crippen molar-refractivity contribution in [3.8, 4) is 0 Å². The number of hydrogen-bond acceptors (Lipinski definition) is 2. The number of ketones is 1. The topological polar surface area (TPSA) is 46.2 Å². The summed E-state index contributed by atoms with van der Waals surface area (Å²) in [6.45, 7) is 8.43. The maximum atomic E-state index is 12.9. The summed E-state index contributed by atoms with van der Waals surface area (Å²) in [4.78, 5) is 24.7. The molecule has 0 aromatic carbocycles. The standard InChI is InChI=1S/C18H29NO2/c1-5-14(20)12(2)19-15(21)18-8-13-6-16(3,10-18)9-17(4,7-13)11-18/h12-13H,5-11H2,1-4H3,(H,19,21). The first-order valence-corrected chi connectivity index (χ1v) is 8.53. The van der Waals surface area contributed by atoms with E-state index in [2.05, 4.69) is 19.2 Å². The molecule has 3 atom stereocenters. The molecule has 1 N–H and O–H groups in total. The minimum atomic E-state index is -0.337. The highest BCUT2D eigenvalue weighted by Gasteiger charge is 2.62. The third kappa shape index (κ3) is 2.43. The van der Waals surface area contributed by atoms with Crippen molar-refractivity contribution in [2.75, 3.05) is 0 Å². The molecule has 3 unspecified atom stereocenters. The van der Waals surface area contributed by atoms with Crippen molar-refractivity contribution in [3.05, 3.63) is 0 Å². The molecule has 4 aliphatic rings. The van der Waals surface area contributed by atoms with Crippen molar-refractivity contribution >= 4 is 11.7 Å². The average Bonchev–Trinajstić information content (AvgIpc) is 2.33. The molecule has 118 valence electrons. The lowest BCUT2D eigenvalue weighted by molar-refractivity contribution is -0.171. The van der Waals surface area contributed by atoms with Gasteiger partial charge in [-0.2, -0.15) is 0 Å². The number of carbonyl (C=O) groups is 2. The first-order valence-electron chi connectivity index (χ1n) is 8.53. The highest BCUT2D eigenvalue weighted by atomic mass is 16.2. The summed E-state index contributed by atoms with van der Waals surface area (Å²) in [7, 11) is 0. The molecule has 4 aliphatic carbocycles. The van der Waals surface area contributed by atoms with Gasteiger partial charge in [-0.05, 0) is 62.2 Å². The Hall–Kier alpha value is -0.860. The summed E-state index contributed by atoms with van der Waals surface area (Å²) < 4.78 is 0. The van der Waals surface area contributed by atoms with Gasteiger partial charge in [0.1, 0.15) is 0 Å². The zero-order valence-electron chi connectivity index (χ0n) is 13.9. The summed E-state index contributed by atoms with van der Waals surface area (Å²) in [5.74, 6) is 0.989. The number of Topliss-reactive ketones (excluding diaryl/α,β-unsaturated/α-hetero) is 1. The fourth-order valence-corrected chi connectivity index (χ4v) is 6.44. The van der Waals surface area contributed by atoms with Gasteiger partial charge < -0.3 is 5.32 Å². The van der Waals surface area contributed by atoms with Crippen LogP contribution < -0.4 is 5.32 Å². The molecule has 4 rings (SSSR count). The molecule has 0 aromatic heterocycles. The molecule has 1 amide bonds. The molecule has 0 saturated heterocycles. The molecular weight excluding hydrogens is 262 g/mol. The lowest BCUT2D eigenvalue weighted by atomic mass is 9.40. The average molecular weight is 291 g/mol. The SMILES string of the molecule is CCC(=O)C(C)NC(=O)C12CC3CC(C)(CC(C)(C3)C1)C2. The largest absolute Gasteiger partial charge is 0.346 e. The maximum Gasteiger partial charge on any atom is 0.226 e. The Kier molecular flexibility index (Phi) is 3.27. The Bertz CT molecular complexity index is 466. The van der Waals surface area contributed by atoms with Gasteiger partial charge in [-0.1, -0.05) is 20.8 Å². The molecule has 21 heavy (non-hydrogen) atoms. The zero-order chi connectivity index (χ0) is 15.5. The van der Waals surface area contributed by atoms with Gasteiger partial charge in [-0.25, -0.2) is 0 Å². The van der Waals surface area contributed by atoms with Crippen molar-refractivity contribution < 1.29 is 9.59 Å². The number of nitrogens with one attached hydrogen (secondary N) is 1. The van der Waals surface area contributed by atoms with Crippen LogP contribution in [-0.4, -0.2) is 17.7 Å². The second-order valence-electron chi connectivity index (χ2n) is 8.93. The minimum Gasteiger partial charge on any atom is -0.346 e. The van der Waals surface area contributed by atoms with Gasteiger partial charge in [0, 0.05) is 6.42 Å². The zero-order valence-corrected chi connectivity index (χ0v) is 13.9. The van der Waals surface area contributed by atoms with E-state index in [1.807, 2.05) is 13.8 Å². The fourth-order valence-electron chi connectivity index (χ4n) is 6.44. The smallest absolute Gasteiger partial charge is 0.226 e. The van der Waals surface area contributed by atoms with Crippen LogP contribution in [-0.2, 0) is 9.59 Å². The summed E-state index contributed by atoms with van der Waals surface area (Å²) in [6, 6.07) is -0.337. The van der Waals surface area contributed by atoms with Gasteiger partial charge in [-0.3, -0.25) is 9.59 Å². The van der Waals surface area contributed by atoms with Gasteiger partial charge in [0.15, 0.2) is 5.78 Å². The van der Waals surface area contributed by atoms with Crippen LogP contribution in [0.2, 0.25) is 0 Å². The Morgan fingerprint density at radius 1 is 1.10 bits per heavy atom. The number of rotatable bonds is 4. The van der Waals surface area contributed by atoms with Crippen molar-refractivity contribution in [1.29, 1.82) is 0 Å². The number of hydrogen-bond donors (Lipinski definition) is 1. The van der Waals surface area contributed by atoms with E-state index < -0.39 is 0 Å². The molecule has 4 fully saturated rings.